The number of carbonyl (C=O) groups is 2. The van der Waals surface area contributed by atoms with E-state index in [-0.39, 0.29) is 17.7 Å². The quantitative estimate of drug-likeness (QED) is 0.405. The van der Waals surface area contributed by atoms with Gasteiger partial charge in [0.1, 0.15) is 23.1 Å². The fourth-order valence-corrected chi connectivity index (χ4v) is 6.53. The van der Waals surface area contributed by atoms with E-state index < -0.39 is 17.7 Å². The number of hydrogen-bond acceptors (Lipinski definition) is 8. The van der Waals surface area contributed by atoms with Gasteiger partial charge in [-0.3, -0.25) is 14.5 Å². The van der Waals surface area contributed by atoms with Gasteiger partial charge < -0.3 is 34.3 Å². The standard InChI is InChI=1S/C33H45N3O7/c1-4-5-16-36-31(38)29(30(37)24-12-19-42-20-13-24)34-32(39)33(36)14-17-35(18-15-33)22-23-6-8-25(9-7-23)43-27-11-10-26(40-2)21-28(27)41-3/h6-11,21,24,29-30,37H,4-5,12-20,22H2,1-3H3,(H,34,39)/t29-,30-/m1/s1. The maximum absolute atomic E-state index is 13.8. The van der Waals surface area contributed by atoms with Gasteiger partial charge in [0.2, 0.25) is 11.8 Å². The van der Waals surface area contributed by atoms with Gasteiger partial charge in [0.15, 0.2) is 11.5 Å². The number of ether oxygens (including phenoxy) is 4. The Morgan fingerprint density at radius 1 is 1.00 bits per heavy atom. The maximum atomic E-state index is 13.8. The third kappa shape index (κ3) is 6.76. The average molecular weight is 596 g/mol. The summed E-state index contributed by atoms with van der Waals surface area (Å²) >= 11 is 0. The molecule has 1 spiro atoms. The first-order valence-corrected chi connectivity index (χ1v) is 15.5. The molecule has 10 nitrogen and oxygen atoms in total. The molecule has 3 saturated heterocycles. The molecule has 2 atom stereocenters. The highest BCUT2D eigenvalue weighted by Crippen LogP contribution is 2.37. The number of piperazine rings is 1. The lowest BCUT2D eigenvalue weighted by Crippen LogP contribution is -2.75. The Morgan fingerprint density at radius 3 is 2.35 bits per heavy atom. The van der Waals surface area contributed by atoms with Gasteiger partial charge in [0.05, 0.1) is 20.3 Å². The van der Waals surface area contributed by atoms with Crippen LogP contribution in [0, 0.1) is 5.92 Å². The van der Waals surface area contributed by atoms with Crippen LogP contribution in [0.4, 0.5) is 0 Å². The smallest absolute Gasteiger partial charge is 0.248 e. The minimum atomic E-state index is -0.903. The summed E-state index contributed by atoms with van der Waals surface area (Å²) < 4.78 is 22.2. The molecule has 3 aliphatic rings. The number of methoxy groups -OCH3 is 2. The Kier molecular flexibility index (Phi) is 10.1. The van der Waals surface area contributed by atoms with Crippen LogP contribution in [0.2, 0.25) is 0 Å². The Balaban J connectivity index is 1.21. The van der Waals surface area contributed by atoms with Gasteiger partial charge in [-0.25, -0.2) is 0 Å². The molecule has 0 saturated carbocycles. The zero-order chi connectivity index (χ0) is 30.4. The summed E-state index contributed by atoms with van der Waals surface area (Å²) in [5.74, 6) is 2.26. The van der Waals surface area contributed by atoms with Crippen LogP contribution >= 0.6 is 0 Å². The number of aliphatic hydroxyl groups is 1. The van der Waals surface area contributed by atoms with Crippen molar-refractivity contribution < 1.29 is 33.6 Å². The molecule has 2 amide bonds. The zero-order valence-electron chi connectivity index (χ0n) is 25.5. The van der Waals surface area contributed by atoms with Crippen molar-refractivity contribution in [3.8, 4) is 23.0 Å². The summed E-state index contributed by atoms with van der Waals surface area (Å²) in [6.07, 6.45) is 3.35. The van der Waals surface area contributed by atoms with Crippen LogP contribution in [-0.2, 0) is 20.9 Å². The summed E-state index contributed by atoms with van der Waals surface area (Å²) in [5.41, 5.74) is 0.265. The molecule has 0 radical (unpaired) electrons. The summed E-state index contributed by atoms with van der Waals surface area (Å²) in [4.78, 5) is 31.7. The normalized spacial score (nSPS) is 21.9. The SMILES string of the molecule is CCCCN1C(=O)[C@@H]([C@H](O)C2CCOCC2)NC(=O)C12CCN(Cc1ccc(Oc3ccc(OC)cc3OC)cc1)CC2. The highest BCUT2D eigenvalue weighted by molar-refractivity contribution is 6.00. The number of carbonyl (C=O) groups excluding carboxylic acids is 2. The number of benzene rings is 2. The van der Waals surface area contributed by atoms with Crippen molar-refractivity contribution in [3.63, 3.8) is 0 Å². The number of hydrogen-bond donors (Lipinski definition) is 2. The van der Waals surface area contributed by atoms with E-state index in [0.717, 1.165) is 24.9 Å². The van der Waals surface area contributed by atoms with Crippen molar-refractivity contribution in [2.75, 3.05) is 47.1 Å². The van der Waals surface area contributed by atoms with Crippen LogP contribution in [-0.4, -0.2) is 91.5 Å². The van der Waals surface area contributed by atoms with Crippen LogP contribution < -0.4 is 19.5 Å². The van der Waals surface area contributed by atoms with Gasteiger partial charge in [0.25, 0.3) is 0 Å². The fourth-order valence-electron chi connectivity index (χ4n) is 6.53. The number of nitrogens with zero attached hydrogens (tertiary/aromatic N) is 2. The molecule has 0 bridgehead atoms. The van der Waals surface area contributed by atoms with Crippen LogP contribution in [0.25, 0.3) is 0 Å². The summed E-state index contributed by atoms with van der Waals surface area (Å²) in [6, 6.07) is 12.5. The molecule has 2 aromatic carbocycles. The summed E-state index contributed by atoms with van der Waals surface area (Å²) in [5, 5.41) is 14.1. The lowest BCUT2D eigenvalue weighted by molar-refractivity contribution is -0.166. The van der Waals surface area contributed by atoms with E-state index in [1.165, 1.54) is 0 Å². The summed E-state index contributed by atoms with van der Waals surface area (Å²) in [6.45, 7) is 5.88. The third-order valence-electron chi connectivity index (χ3n) is 9.20. The predicted molar refractivity (Wildman–Crippen MR) is 161 cm³/mol. The number of amides is 2. The van der Waals surface area contributed by atoms with Crippen LogP contribution in [0.3, 0.4) is 0 Å². The largest absolute Gasteiger partial charge is 0.497 e. The van der Waals surface area contributed by atoms with Crippen molar-refractivity contribution in [1.82, 2.24) is 15.1 Å². The van der Waals surface area contributed by atoms with Gasteiger partial charge >= 0.3 is 0 Å². The lowest BCUT2D eigenvalue weighted by Gasteiger charge is -2.52. The van der Waals surface area contributed by atoms with Crippen LogP contribution in [0.5, 0.6) is 23.0 Å². The molecule has 0 aliphatic carbocycles. The number of aliphatic hydroxyl groups excluding tert-OH is 1. The Bertz CT molecular complexity index is 1240. The number of nitrogens with one attached hydrogen (secondary N) is 1. The van der Waals surface area contributed by atoms with Crippen LogP contribution in [0.15, 0.2) is 42.5 Å². The van der Waals surface area contributed by atoms with Crippen molar-refractivity contribution >= 4 is 11.8 Å². The monoisotopic (exact) mass is 595 g/mol. The second-order valence-electron chi connectivity index (χ2n) is 11.8. The zero-order valence-corrected chi connectivity index (χ0v) is 25.5. The molecular weight excluding hydrogens is 550 g/mol. The molecular formula is C33H45N3O7. The average Bonchev–Trinajstić information content (AvgIpc) is 3.05. The molecule has 43 heavy (non-hydrogen) atoms. The molecule has 3 fully saturated rings. The lowest BCUT2D eigenvalue weighted by atomic mass is 9.79. The Labute approximate surface area is 254 Å². The van der Waals surface area contributed by atoms with E-state index >= 15 is 0 Å². The number of likely N-dealkylation sites (tertiary alicyclic amines) is 1. The second-order valence-corrected chi connectivity index (χ2v) is 11.8. The highest BCUT2D eigenvalue weighted by atomic mass is 16.5. The molecule has 3 heterocycles. The van der Waals surface area contributed by atoms with E-state index in [0.29, 0.717) is 81.5 Å². The van der Waals surface area contributed by atoms with E-state index in [1.807, 2.05) is 36.4 Å². The van der Waals surface area contributed by atoms with Gasteiger partial charge in [-0.05, 0) is 67.9 Å². The maximum Gasteiger partial charge on any atom is 0.248 e. The topological polar surface area (TPSA) is 110 Å². The van der Waals surface area contributed by atoms with Crippen LogP contribution in [0.1, 0.15) is 51.0 Å². The number of unbranched alkanes of at least 4 members (excludes halogenated alkanes) is 1. The van der Waals surface area contributed by atoms with Crippen molar-refractivity contribution in [2.45, 2.75) is 69.7 Å². The van der Waals surface area contributed by atoms with E-state index in [2.05, 4.69) is 17.1 Å². The minimum absolute atomic E-state index is 0.0538. The van der Waals surface area contributed by atoms with Gasteiger partial charge in [0, 0.05) is 45.5 Å². The second kappa shape index (κ2) is 14.0. The Hall–Kier alpha value is -3.34. The number of piperidine rings is 1. The molecule has 3 aliphatic heterocycles. The molecule has 234 valence electrons. The van der Waals surface area contributed by atoms with E-state index in [9.17, 15) is 14.7 Å². The fraction of sp³-hybridized carbons (Fsp3) is 0.576. The first-order valence-electron chi connectivity index (χ1n) is 15.5. The first-order chi connectivity index (χ1) is 20.9. The van der Waals surface area contributed by atoms with Gasteiger partial charge in [-0.2, -0.15) is 0 Å². The molecule has 2 N–H and O–H groups in total. The summed E-state index contributed by atoms with van der Waals surface area (Å²) in [7, 11) is 3.20. The van der Waals surface area contributed by atoms with Crippen molar-refractivity contribution in [3.05, 3.63) is 48.0 Å². The molecule has 5 rings (SSSR count). The minimum Gasteiger partial charge on any atom is -0.497 e. The molecule has 0 unspecified atom stereocenters. The van der Waals surface area contributed by atoms with Gasteiger partial charge in [-0.15, -0.1) is 0 Å². The third-order valence-corrected chi connectivity index (χ3v) is 9.20. The van der Waals surface area contributed by atoms with Gasteiger partial charge in [-0.1, -0.05) is 25.5 Å². The first kappa shape index (κ1) is 31.1. The number of rotatable bonds is 11. The Morgan fingerprint density at radius 2 is 1.70 bits per heavy atom. The molecule has 2 aromatic rings. The van der Waals surface area contributed by atoms with Crippen molar-refractivity contribution in [1.29, 1.82) is 0 Å². The van der Waals surface area contributed by atoms with E-state index in [4.69, 9.17) is 18.9 Å². The van der Waals surface area contributed by atoms with E-state index in [1.54, 1.807) is 25.2 Å². The highest BCUT2D eigenvalue weighted by Gasteiger charge is 2.55. The molecule has 0 aromatic heterocycles. The predicted octanol–water partition coefficient (Wildman–Crippen LogP) is 3.75. The molecule has 10 heteroatoms. The van der Waals surface area contributed by atoms with Crippen molar-refractivity contribution in [2.24, 2.45) is 5.92 Å².